The molecule has 0 bridgehead atoms. The molecule has 144 valence electrons. The van der Waals surface area contributed by atoms with Crippen molar-refractivity contribution in [1.29, 1.82) is 0 Å². The zero-order valence-electron chi connectivity index (χ0n) is 15.5. The van der Waals surface area contributed by atoms with E-state index in [0.29, 0.717) is 23.5 Å². The second kappa shape index (κ2) is 9.45. The van der Waals surface area contributed by atoms with Crippen molar-refractivity contribution in [2.24, 2.45) is 0 Å². The average Bonchev–Trinajstić information content (AvgIpc) is 3.20. The number of carbonyl (C=O) groups is 2. The summed E-state index contributed by atoms with van der Waals surface area (Å²) in [5, 5.41) is 3.72. The molecule has 2 heterocycles. The largest absolute Gasteiger partial charge is 0.486 e. The maximum Gasteiger partial charge on any atom is 0.360 e. The number of aromatic nitrogens is 2. The Labute approximate surface area is 162 Å². The third-order valence-electron chi connectivity index (χ3n) is 3.96. The molecular formula is C21H20N2O5. The summed E-state index contributed by atoms with van der Waals surface area (Å²) in [6.07, 6.45) is 4.98. The number of hydrogen-bond donors (Lipinski definition) is 0. The molecule has 7 heteroatoms. The van der Waals surface area contributed by atoms with E-state index in [1.807, 2.05) is 12.1 Å². The molecule has 0 fully saturated rings. The van der Waals surface area contributed by atoms with E-state index >= 15 is 0 Å². The minimum atomic E-state index is -0.542. The fourth-order valence-corrected chi connectivity index (χ4v) is 2.50. The highest BCUT2D eigenvalue weighted by Crippen LogP contribution is 2.16. The lowest BCUT2D eigenvalue weighted by molar-refractivity contribution is 0.0488. The van der Waals surface area contributed by atoms with Crippen molar-refractivity contribution >= 4 is 11.8 Å². The van der Waals surface area contributed by atoms with Gasteiger partial charge in [-0.2, -0.15) is 0 Å². The van der Waals surface area contributed by atoms with Crippen LogP contribution in [-0.2, 0) is 17.8 Å². The quantitative estimate of drug-likeness (QED) is 0.318. The Morgan fingerprint density at radius 2 is 2.04 bits per heavy atom. The molecule has 0 atom stereocenters. The van der Waals surface area contributed by atoms with Crippen LogP contribution in [0.25, 0.3) is 0 Å². The van der Waals surface area contributed by atoms with Crippen molar-refractivity contribution in [1.82, 2.24) is 10.1 Å². The summed E-state index contributed by atoms with van der Waals surface area (Å²) in [5.74, 6) is 0.331. The zero-order chi connectivity index (χ0) is 19.8. The number of ether oxygens (including phenoxy) is 2. The number of hydrogen-bond acceptors (Lipinski definition) is 7. The predicted octanol–water partition coefficient (Wildman–Crippen LogP) is 3.64. The number of aryl methyl sites for hydroxylation is 1. The van der Waals surface area contributed by atoms with Crippen LogP contribution >= 0.6 is 0 Å². The van der Waals surface area contributed by atoms with Crippen LogP contribution in [0.3, 0.4) is 0 Å². The summed E-state index contributed by atoms with van der Waals surface area (Å²) in [6, 6.07) is 12.2. The maximum atomic E-state index is 12.0. The Bertz CT molecular complexity index is 937. The highest BCUT2D eigenvalue weighted by molar-refractivity contribution is 5.94. The van der Waals surface area contributed by atoms with Gasteiger partial charge in [0, 0.05) is 24.0 Å². The number of nitrogens with zero attached hydrogens (tertiary/aromatic N) is 2. The first-order chi connectivity index (χ1) is 13.6. The van der Waals surface area contributed by atoms with Crippen LogP contribution in [0.2, 0.25) is 0 Å². The molecule has 7 nitrogen and oxygen atoms in total. The van der Waals surface area contributed by atoms with E-state index in [1.54, 1.807) is 36.7 Å². The van der Waals surface area contributed by atoms with Gasteiger partial charge in [0.05, 0.1) is 6.61 Å². The van der Waals surface area contributed by atoms with E-state index in [0.717, 1.165) is 12.0 Å². The van der Waals surface area contributed by atoms with Gasteiger partial charge in [0.2, 0.25) is 0 Å². The summed E-state index contributed by atoms with van der Waals surface area (Å²) in [4.78, 5) is 27.5. The van der Waals surface area contributed by atoms with Crippen LogP contribution < -0.4 is 4.74 Å². The molecule has 0 aliphatic rings. The Hall–Kier alpha value is -3.48. The minimum absolute atomic E-state index is 0.0429. The molecule has 0 aliphatic carbocycles. The molecule has 2 aromatic heterocycles. The van der Waals surface area contributed by atoms with Crippen molar-refractivity contribution < 1.29 is 23.6 Å². The van der Waals surface area contributed by atoms with Crippen LogP contribution in [-0.4, -0.2) is 28.5 Å². The summed E-state index contributed by atoms with van der Waals surface area (Å²) in [5.41, 5.74) is 1.75. The van der Waals surface area contributed by atoms with Crippen LogP contribution in [0.5, 0.6) is 5.75 Å². The SMILES string of the molecule is CC(=O)c1cccc(OCc2cc(C(=O)OCCCc3cccnc3)no2)c1. The Balaban J connectivity index is 1.44. The third-order valence-corrected chi connectivity index (χ3v) is 3.96. The molecule has 1 aromatic carbocycles. The standard InChI is InChI=1S/C21H20N2O5/c1-15(24)17-7-2-8-18(11-17)27-14-19-12-20(23-28-19)21(25)26-10-4-6-16-5-3-9-22-13-16/h2-3,5,7-9,11-13H,4,6,10,14H2,1H3. The lowest BCUT2D eigenvalue weighted by Gasteiger charge is -2.04. The predicted molar refractivity (Wildman–Crippen MR) is 100 cm³/mol. The van der Waals surface area contributed by atoms with Gasteiger partial charge in [0.15, 0.2) is 17.2 Å². The molecule has 0 N–H and O–H groups in total. The molecule has 0 spiro atoms. The molecule has 0 radical (unpaired) electrons. The molecule has 28 heavy (non-hydrogen) atoms. The van der Waals surface area contributed by atoms with Crippen molar-refractivity contribution in [3.63, 3.8) is 0 Å². The highest BCUT2D eigenvalue weighted by Gasteiger charge is 2.14. The second-order valence-electron chi connectivity index (χ2n) is 6.15. The fourth-order valence-electron chi connectivity index (χ4n) is 2.50. The van der Waals surface area contributed by atoms with Gasteiger partial charge in [-0.05, 0) is 43.5 Å². The number of benzene rings is 1. The lowest BCUT2D eigenvalue weighted by atomic mass is 10.1. The van der Waals surface area contributed by atoms with Crippen molar-refractivity contribution in [3.05, 3.63) is 77.4 Å². The Kier molecular flexibility index (Phi) is 6.51. The summed E-state index contributed by atoms with van der Waals surface area (Å²) in [7, 11) is 0. The number of rotatable bonds is 9. The molecular weight excluding hydrogens is 360 g/mol. The summed E-state index contributed by atoms with van der Waals surface area (Å²) < 4.78 is 15.9. The molecule has 0 saturated heterocycles. The van der Waals surface area contributed by atoms with Gasteiger partial charge in [-0.15, -0.1) is 0 Å². The van der Waals surface area contributed by atoms with Gasteiger partial charge in [-0.1, -0.05) is 23.4 Å². The number of Topliss-reactive ketones (excluding diaryl/α,β-unsaturated/α-hetero) is 1. The monoisotopic (exact) mass is 380 g/mol. The third kappa shape index (κ3) is 5.51. The average molecular weight is 380 g/mol. The summed E-state index contributed by atoms with van der Waals surface area (Å²) >= 11 is 0. The zero-order valence-corrected chi connectivity index (χ0v) is 15.5. The van der Waals surface area contributed by atoms with E-state index in [2.05, 4.69) is 10.1 Å². The van der Waals surface area contributed by atoms with Gasteiger partial charge in [-0.3, -0.25) is 9.78 Å². The fraction of sp³-hybridized carbons (Fsp3) is 0.238. The first-order valence-electron chi connectivity index (χ1n) is 8.87. The van der Waals surface area contributed by atoms with Crippen LogP contribution in [0.4, 0.5) is 0 Å². The first kappa shape index (κ1) is 19.3. The van der Waals surface area contributed by atoms with E-state index in [4.69, 9.17) is 14.0 Å². The number of pyridine rings is 1. The van der Waals surface area contributed by atoms with E-state index < -0.39 is 5.97 Å². The van der Waals surface area contributed by atoms with Crippen LogP contribution in [0.1, 0.15) is 45.5 Å². The molecule has 3 rings (SSSR count). The van der Waals surface area contributed by atoms with Gasteiger partial charge in [-0.25, -0.2) is 4.79 Å². The van der Waals surface area contributed by atoms with Crippen molar-refractivity contribution in [3.8, 4) is 5.75 Å². The van der Waals surface area contributed by atoms with Gasteiger partial charge < -0.3 is 14.0 Å². The van der Waals surface area contributed by atoms with Crippen LogP contribution in [0.15, 0.2) is 59.4 Å². The van der Waals surface area contributed by atoms with E-state index in [-0.39, 0.29) is 24.7 Å². The highest BCUT2D eigenvalue weighted by atomic mass is 16.5. The topological polar surface area (TPSA) is 91.5 Å². The van der Waals surface area contributed by atoms with Gasteiger partial charge >= 0.3 is 5.97 Å². The van der Waals surface area contributed by atoms with Crippen molar-refractivity contribution in [2.75, 3.05) is 6.61 Å². The molecule has 0 amide bonds. The molecule has 0 unspecified atom stereocenters. The van der Waals surface area contributed by atoms with Gasteiger partial charge in [0.1, 0.15) is 12.4 Å². The molecule has 3 aromatic rings. The van der Waals surface area contributed by atoms with Gasteiger partial charge in [0.25, 0.3) is 0 Å². The maximum absolute atomic E-state index is 12.0. The summed E-state index contributed by atoms with van der Waals surface area (Å²) in [6.45, 7) is 1.86. The van der Waals surface area contributed by atoms with Crippen LogP contribution in [0, 0.1) is 0 Å². The Morgan fingerprint density at radius 1 is 1.14 bits per heavy atom. The first-order valence-corrected chi connectivity index (χ1v) is 8.87. The molecule has 0 aliphatic heterocycles. The number of carbonyl (C=O) groups excluding carboxylic acids is 2. The lowest BCUT2D eigenvalue weighted by Crippen LogP contribution is -2.07. The normalized spacial score (nSPS) is 10.5. The van der Waals surface area contributed by atoms with Crippen molar-refractivity contribution in [2.45, 2.75) is 26.4 Å². The second-order valence-corrected chi connectivity index (χ2v) is 6.15. The smallest absolute Gasteiger partial charge is 0.360 e. The van der Waals surface area contributed by atoms with E-state index in [9.17, 15) is 9.59 Å². The van der Waals surface area contributed by atoms with E-state index in [1.165, 1.54) is 13.0 Å². The Morgan fingerprint density at radius 3 is 2.82 bits per heavy atom. The number of esters is 1. The number of ketones is 1. The minimum Gasteiger partial charge on any atom is -0.486 e. The molecule has 0 saturated carbocycles.